The molecule has 1 aromatic rings. The van der Waals surface area contributed by atoms with Crippen molar-refractivity contribution in [2.24, 2.45) is 0 Å². The van der Waals surface area contributed by atoms with Gasteiger partial charge in [0, 0.05) is 0 Å². The molecule has 0 saturated heterocycles. The van der Waals surface area contributed by atoms with Crippen LogP contribution in [0.2, 0.25) is 0 Å². The largest absolute Gasteiger partial charge is 0.469 e. The van der Waals surface area contributed by atoms with E-state index < -0.39 is 0 Å². The van der Waals surface area contributed by atoms with Crippen molar-refractivity contribution in [2.75, 3.05) is 0 Å². The van der Waals surface area contributed by atoms with Crippen LogP contribution >= 0.6 is 0 Å². The zero-order valence-electron chi connectivity index (χ0n) is 7.79. The zero-order valence-corrected chi connectivity index (χ0v) is 7.79. The number of hydrogen-bond donors (Lipinski definition) is 0. The molecule has 0 amide bonds. The molecular weight excluding hydrogens is 148 g/mol. The van der Waals surface area contributed by atoms with Crippen molar-refractivity contribution in [3.63, 3.8) is 0 Å². The van der Waals surface area contributed by atoms with Crippen LogP contribution in [0, 0.1) is 20.8 Å². The molecule has 1 rings (SSSR count). The van der Waals surface area contributed by atoms with Crippen LogP contribution in [-0.2, 0) is 0 Å². The first-order valence-corrected chi connectivity index (χ1v) is 4.06. The van der Waals surface area contributed by atoms with Crippen LogP contribution in [-0.4, -0.2) is 0 Å². The van der Waals surface area contributed by atoms with E-state index in [1.165, 1.54) is 11.1 Å². The van der Waals surface area contributed by atoms with Gasteiger partial charge in [0.15, 0.2) is 0 Å². The van der Waals surface area contributed by atoms with Gasteiger partial charge in [0.2, 0.25) is 0 Å². The average molecular weight is 162 g/mol. The summed E-state index contributed by atoms with van der Waals surface area (Å²) in [6.07, 6.45) is 1.70. The summed E-state index contributed by atoms with van der Waals surface area (Å²) < 4.78 is 5.35. The zero-order chi connectivity index (χ0) is 8.97. The van der Waals surface area contributed by atoms with E-state index in [0.717, 1.165) is 5.76 Å². The molecule has 1 aromatic heterocycles. The lowest BCUT2D eigenvalue weighted by molar-refractivity contribution is 0.516. The fourth-order valence-corrected chi connectivity index (χ4v) is 0.942. The van der Waals surface area contributed by atoms with Crippen LogP contribution in [0.15, 0.2) is 34.9 Å². The van der Waals surface area contributed by atoms with E-state index in [1.54, 1.807) is 6.26 Å². The molecule has 0 aliphatic rings. The van der Waals surface area contributed by atoms with Crippen LogP contribution in [0.1, 0.15) is 16.9 Å². The van der Waals surface area contributed by atoms with Crippen molar-refractivity contribution in [1.82, 2.24) is 0 Å². The highest BCUT2D eigenvalue weighted by Crippen LogP contribution is 2.07. The van der Waals surface area contributed by atoms with E-state index in [4.69, 9.17) is 4.42 Å². The summed E-state index contributed by atoms with van der Waals surface area (Å²) in [6.45, 7) is 6.12. The lowest BCUT2D eigenvalue weighted by Gasteiger charge is -1.95. The Morgan fingerprint density at radius 1 is 1.00 bits per heavy atom. The Bertz CT molecular complexity index is 279. The molecule has 0 aromatic carbocycles. The van der Waals surface area contributed by atoms with E-state index >= 15 is 0 Å². The normalized spacial score (nSPS) is 9.25. The molecule has 64 valence electrons. The average Bonchev–Trinajstić information content (AvgIpc) is 2.12. The Balaban J connectivity index is 3.42. The van der Waals surface area contributed by atoms with Gasteiger partial charge in [-0.25, -0.2) is 0 Å². The van der Waals surface area contributed by atoms with Gasteiger partial charge in [0.1, 0.15) is 5.76 Å². The molecule has 0 radical (unpaired) electrons. The van der Waals surface area contributed by atoms with Crippen molar-refractivity contribution >= 4 is 0 Å². The standard InChI is InChI=1S/C11H14O/c1-9-7-5-4-6-8-12-11(3)10(9)2/h4-8H,1-3H3. The predicted octanol–water partition coefficient (Wildman–Crippen LogP) is 3.33. The fourth-order valence-electron chi connectivity index (χ4n) is 0.942. The summed E-state index contributed by atoms with van der Waals surface area (Å²) in [6, 6.07) is 7.93. The van der Waals surface area contributed by atoms with Crippen molar-refractivity contribution in [3.05, 3.63) is 47.4 Å². The summed E-state index contributed by atoms with van der Waals surface area (Å²) in [4.78, 5) is 0. The van der Waals surface area contributed by atoms with Crippen molar-refractivity contribution < 1.29 is 4.42 Å². The predicted molar refractivity (Wildman–Crippen MR) is 50.5 cm³/mol. The Morgan fingerprint density at radius 2 is 1.75 bits per heavy atom. The summed E-state index contributed by atoms with van der Waals surface area (Å²) in [5.41, 5.74) is 2.44. The van der Waals surface area contributed by atoms with Gasteiger partial charge < -0.3 is 4.42 Å². The molecular formula is C11H14O. The van der Waals surface area contributed by atoms with Gasteiger partial charge in [0.05, 0.1) is 6.26 Å². The van der Waals surface area contributed by atoms with Crippen LogP contribution in [0.5, 0.6) is 0 Å². The van der Waals surface area contributed by atoms with Gasteiger partial charge in [0.25, 0.3) is 0 Å². The van der Waals surface area contributed by atoms with Crippen LogP contribution in [0.25, 0.3) is 0 Å². The van der Waals surface area contributed by atoms with E-state index in [-0.39, 0.29) is 0 Å². The van der Waals surface area contributed by atoms with Crippen LogP contribution < -0.4 is 0 Å². The maximum Gasteiger partial charge on any atom is 0.103 e. The number of aryl methyl sites for hydroxylation is 2. The first-order valence-electron chi connectivity index (χ1n) is 4.06. The lowest BCUT2D eigenvalue weighted by Crippen LogP contribution is -1.79. The summed E-state index contributed by atoms with van der Waals surface area (Å²) in [5, 5.41) is 0. The second kappa shape index (κ2) is 3.96. The van der Waals surface area contributed by atoms with Gasteiger partial charge in [-0.2, -0.15) is 0 Å². The summed E-state index contributed by atoms with van der Waals surface area (Å²) in [5.74, 6) is 0.962. The van der Waals surface area contributed by atoms with Crippen molar-refractivity contribution in [2.45, 2.75) is 20.8 Å². The molecule has 0 aliphatic carbocycles. The van der Waals surface area contributed by atoms with E-state index in [1.807, 2.05) is 25.1 Å². The van der Waals surface area contributed by atoms with Crippen molar-refractivity contribution in [3.8, 4) is 0 Å². The first kappa shape index (κ1) is 8.85. The third-order valence-corrected chi connectivity index (χ3v) is 2.01. The van der Waals surface area contributed by atoms with E-state index in [0.29, 0.717) is 0 Å². The highest BCUT2D eigenvalue weighted by atomic mass is 16.3. The van der Waals surface area contributed by atoms with Gasteiger partial charge >= 0.3 is 0 Å². The van der Waals surface area contributed by atoms with Crippen LogP contribution in [0.3, 0.4) is 0 Å². The fraction of sp³-hybridized carbons (Fsp3) is 0.273. The molecule has 12 heavy (non-hydrogen) atoms. The quantitative estimate of drug-likeness (QED) is 0.570. The van der Waals surface area contributed by atoms with Crippen LogP contribution in [0.4, 0.5) is 0 Å². The molecule has 0 atom stereocenters. The van der Waals surface area contributed by atoms with Gasteiger partial charge in [-0.3, -0.25) is 0 Å². The molecule has 0 bridgehead atoms. The second-order valence-electron chi connectivity index (χ2n) is 2.86. The lowest BCUT2D eigenvalue weighted by atomic mass is 10.1. The topological polar surface area (TPSA) is 13.1 Å². The maximum absolute atomic E-state index is 5.35. The highest BCUT2D eigenvalue weighted by molar-refractivity contribution is 5.23. The smallest absolute Gasteiger partial charge is 0.103 e. The molecule has 0 spiro atoms. The van der Waals surface area contributed by atoms with E-state index in [9.17, 15) is 0 Å². The Kier molecular flexibility index (Phi) is 2.92. The minimum Gasteiger partial charge on any atom is -0.469 e. The summed E-state index contributed by atoms with van der Waals surface area (Å²) in [7, 11) is 0. The SMILES string of the molecule is Cc1cccccoc(C)c1C. The minimum absolute atomic E-state index is 0.962. The summed E-state index contributed by atoms with van der Waals surface area (Å²) >= 11 is 0. The molecule has 1 heteroatoms. The number of hydrogen-bond acceptors (Lipinski definition) is 1. The molecule has 1 heterocycles. The van der Waals surface area contributed by atoms with Gasteiger partial charge in [-0.1, -0.05) is 18.2 Å². The van der Waals surface area contributed by atoms with Gasteiger partial charge in [-0.05, 0) is 38.0 Å². The Morgan fingerprint density at radius 3 is 2.50 bits per heavy atom. The molecule has 1 nitrogen and oxygen atoms in total. The number of rotatable bonds is 0. The third kappa shape index (κ3) is 2.12. The Hall–Kier alpha value is -1.24. The Labute approximate surface area is 73.4 Å². The molecule has 0 aliphatic heterocycles. The second-order valence-corrected chi connectivity index (χ2v) is 2.86. The molecule has 0 fully saturated rings. The molecule has 0 N–H and O–H groups in total. The monoisotopic (exact) mass is 162 g/mol. The minimum atomic E-state index is 0.962. The van der Waals surface area contributed by atoms with E-state index in [2.05, 4.69) is 19.9 Å². The third-order valence-electron chi connectivity index (χ3n) is 2.01. The first-order chi connectivity index (χ1) is 5.72. The highest BCUT2D eigenvalue weighted by Gasteiger charge is 1.91. The van der Waals surface area contributed by atoms with Gasteiger partial charge in [-0.15, -0.1) is 0 Å². The maximum atomic E-state index is 5.35. The molecule has 0 unspecified atom stereocenters. The van der Waals surface area contributed by atoms with Crippen molar-refractivity contribution in [1.29, 1.82) is 0 Å². The molecule has 0 saturated carbocycles.